The number of nitrogens with zero attached hydrogens (tertiary/aromatic N) is 3. The summed E-state index contributed by atoms with van der Waals surface area (Å²) in [5, 5.41) is 3.38. The van der Waals surface area contributed by atoms with Crippen molar-refractivity contribution in [1.29, 1.82) is 0 Å². The predicted octanol–water partition coefficient (Wildman–Crippen LogP) is 4.47. The number of benzene rings is 1. The Kier molecular flexibility index (Phi) is 3.70. The Morgan fingerprint density at radius 2 is 1.83 bits per heavy atom. The smallest absolute Gasteiger partial charge is 0.225 e. The van der Waals surface area contributed by atoms with Crippen LogP contribution in [0.15, 0.2) is 30.3 Å². The lowest BCUT2D eigenvalue weighted by Gasteiger charge is -2.30. The van der Waals surface area contributed by atoms with Crippen molar-refractivity contribution in [1.82, 2.24) is 9.97 Å². The van der Waals surface area contributed by atoms with Crippen LogP contribution in [-0.4, -0.2) is 22.6 Å². The molecular formula is C20H26N4. The van der Waals surface area contributed by atoms with E-state index >= 15 is 0 Å². The molecule has 1 aromatic heterocycles. The van der Waals surface area contributed by atoms with E-state index in [2.05, 4.69) is 68.2 Å². The Balaban J connectivity index is 1.71. The van der Waals surface area contributed by atoms with Crippen LogP contribution in [0.25, 0.3) is 0 Å². The first kappa shape index (κ1) is 15.4. The third-order valence-electron chi connectivity index (χ3n) is 5.13. The summed E-state index contributed by atoms with van der Waals surface area (Å²) < 4.78 is 0. The maximum absolute atomic E-state index is 4.83. The fourth-order valence-electron chi connectivity index (χ4n) is 4.01. The monoisotopic (exact) mass is 322 g/mol. The Bertz CT molecular complexity index is 753. The molecule has 126 valence electrons. The van der Waals surface area contributed by atoms with Crippen LogP contribution in [0.5, 0.6) is 0 Å². The molecule has 0 unspecified atom stereocenters. The lowest BCUT2D eigenvalue weighted by atomic mass is 9.99. The van der Waals surface area contributed by atoms with Crippen LogP contribution in [0.2, 0.25) is 0 Å². The lowest BCUT2D eigenvalue weighted by Crippen LogP contribution is -2.28. The summed E-state index contributed by atoms with van der Waals surface area (Å²) in [6.45, 7) is 9.70. The molecule has 1 aliphatic heterocycles. The molecule has 2 atom stereocenters. The molecule has 2 heterocycles. The van der Waals surface area contributed by atoms with Crippen molar-refractivity contribution < 1.29 is 0 Å². The van der Waals surface area contributed by atoms with Gasteiger partial charge in [-0.2, -0.15) is 4.98 Å². The van der Waals surface area contributed by atoms with Gasteiger partial charge >= 0.3 is 0 Å². The summed E-state index contributed by atoms with van der Waals surface area (Å²) in [5.74, 6) is 2.86. The maximum Gasteiger partial charge on any atom is 0.225 e. The first-order valence-electron chi connectivity index (χ1n) is 9.04. The summed E-state index contributed by atoms with van der Waals surface area (Å²) in [6, 6.07) is 11.9. The van der Waals surface area contributed by atoms with Gasteiger partial charge in [-0.15, -0.1) is 0 Å². The minimum Gasteiger partial charge on any atom is -0.352 e. The molecule has 1 aliphatic carbocycles. The van der Waals surface area contributed by atoms with Gasteiger partial charge in [0, 0.05) is 24.6 Å². The number of rotatable bonds is 4. The van der Waals surface area contributed by atoms with Crippen LogP contribution in [0, 0.1) is 0 Å². The van der Waals surface area contributed by atoms with Gasteiger partial charge in [0.2, 0.25) is 5.95 Å². The Morgan fingerprint density at radius 3 is 2.54 bits per heavy atom. The van der Waals surface area contributed by atoms with E-state index in [0.717, 1.165) is 24.0 Å². The zero-order chi connectivity index (χ0) is 16.8. The van der Waals surface area contributed by atoms with E-state index in [-0.39, 0.29) is 0 Å². The maximum atomic E-state index is 4.83. The number of hydrogen-bond acceptors (Lipinski definition) is 4. The quantitative estimate of drug-likeness (QED) is 0.902. The molecule has 0 saturated carbocycles. The van der Waals surface area contributed by atoms with Crippen LogP contribution in [-0.2, 0) is 0 Å². The Labute approximate surface area is 144 Å². The van der Waals surface area contributed by atoms with Gasteiger partial charge in [-0.25, -0.2) is 4.98 Å². The highest BCUT2D eigenvalue weighted by molar-refractivity contribution is 5.55. The van der Waals surface area contributed by atoms with Crippen molar-refractivity contribution >= 4 is 11.8 Å². The van der Waals surface area contributed by atoms with Crippen molar-refractivity contribution in [2.75, 3.05) is 16.8 Å². The third kappa shape index (κ3) is 2.54. The highest BCUT2D eigenvalue weighted by atomic mass is 15.3. The highest BCUT2D eigenvalue weighted by Crippen LogP contribution is 2.51. The first-order valence-corrected chi connectivity index (χ1v) is 9.04. The van der Waals surface area contributed by atoms with Gasteiger partial charge in [-0.3, -0.25) is 0 Å². The third-order valence-corrected chi connectivity index (χ3v) is 5.13. The molecule has 0 spiro atoms. The number of nitrogens with one attached hydrogen (secondary N) is 1. The molecule has 0 radical (unpaired) electrons. The van der Waals surface area contributed by atoms with Gasteiger partial charge < -0.3 is 10.2 Å². The van der Waals surface area contributed by atoms with Gasteiger partial charge in [0.1, 0.15) is 5.82 Å². The van der Waals surface area contributed by atoms with Gasteiger partial charge in [0.15, 0.2) is 0 Å². The van der Waals surface area contributed by atoms with Crippen LogP contribution in [0.3, 0.4) is 0 Å². The van der Waals surface area contributed by atoms with Gasteiger partial charge in [-0.1, -0.05) is 38.1 Å². The second-order valence-electron chi connectivity index (χ2n) is 7.66. The minimum atomic E-state index is 0.330. The SMILES string of the molecule is CC(C)Nc1nc(C(C)C)cc(N2C[C@H]3C[C@H]2c2ccccc23)n1. The van der Waals surface area contributed by atoms with Crippen molar-refractivity contribution in [2.45, 2.75) is 58.0 Å². The van der Waals surface area contributed by atoms with E-state index in [9.17, 15) is 0 Å². The number of anilines is 2. The van der Waals surface area contributed by atoms with E-state index in [1.165, 1.54) is 17.5 Å². The molecule has 4 heteroatoms. The standard InChI is InChI=1S/C20H26N4/c1-12(2)17-10-19(23-20(22-17)21-13(3)4)24-11-14-9-18(24)16-8-6-5-7-15(14)16/h5-8,10,12-14,18H,9,11H2,1-4H3,(H,21,22,23)/t14-,18+/m1/s1. The van der Waals surface area contributed by atoms with E-state index < -0.39 is 0 Å². The Hall–Kier alpha value is -2.10. The van der Waals surface area contributed by atoms with Crippen LogP contribution < -0.4 is 10.2 Å². The fraction of sp³-hybridized carbons (Fsp3) is 0.500. The predicted molar refractivity (Wildman–Crippen MR) is 98.8 cm³/mol. The summed E-state index contributed by atoms with van der Waals surface area (Å²) in [7, 11) is 0. The summed E-state index contributed by atoms with van der Waals surface area (Å²) in [5.41, 5.74) is 4.13. The van der Waals surface area contributed by atoms with Crippen LogP contribution in [0.1, 0.15) is 68.8 Å². The first-order chi connectivity index (χ1) is 11.5. The van der Waals surface area contributed by atoms with Crippen molar-refractivity contribution in [3.8, 4) is 0 Å². The van der Waals surface area contributed by atoms with Crippen molar-refractivity contribution in [3.63, 3.8) is 0 Å². The highest BCUT2D eigenvalue weighted by Gasteiger charge is 2.42. The minimum absolute atomic E-state index is 0.330. The van der Waals surface area contributed by atoms with E-state index in [0.29, 0.717) is 23.9 Å². The van der Waals surface area contributed by atoms with Gasteiger partial charge in [0.05, 0.1) is 11.7 Å². The van der Waals surface area contributed by atoms with Crippen LogP contribution in [0.4, 0.5) is 11.8 Å². The molecule has 1 fully saturated rings. The average molecular weight is 322 g/mol. The van der Waals surface area contributed by atoms with E-state index in [4.69, 9.17) is 9.97 Å². The summed E-state index contributed by atoms with van der Waals surface area (Å²) in [6.07, 6.45) is 1.22. The Morgan fingerprint density at radius 1 is 1.08 bits per heavy atom. The molecule has 4 rings (SSSR count). The molecule has 1 aromatic carbocycles. The van der Waals surface area contributed by atoms with Crippen molar-refractivity contribution in [2.24, 2.45) is 0 Å². The molecule has 0 amide bonds. The molecule has 2 aliphatic rings. The van der Waals surface area contributed by atoms with Crippen LogP contribution >= 0.6 is 0 Å². The van der Waals surface area contributed by atoms with Gasteiger partial charge in [-0.05, 0) is 37.3 Å². The van der Waals surface area contributed by atoms with E-state index in [1.54, 1.807) is 0 Å². The number of hydrogen-bond donors (Lipinski definition) is 1. The molecule has 2 bridgehead atoms. The topological polar surface area (TPSA) is 41.1 Å². The molecule has 1 saturated heterocycles. The summed E-state index contributed by atoms with van der Waals surface area (Å²) >= 11 is 0. The zero-order valence-electron chi connectivity index (χ0n) is 15.0. The van der Waals surface area contributed by atoms with E-state index in [1.807, 2.05) is 0 Å². The average Bonchev–Trinajstić information content (AvgIpc) is 3.13. The number of aromatic nitrogens is 2. The molecular weight excluding hydrogens is 296 g/mol. The zero-order valence-corrected chi connectivity index (χ0v) is 15.0. The number of fused-ring (bicyclic) bond motifs is 5. The van der Waals surface area contributed by atoms with Crippen molar-refractivity contribution in [3.05, 3.63) is 47.2 Å². The molecule has 24 heavy (non-hydrogen) atoms. The normalized spacial score (nSPS) is 21.7. The van der Waals surface area contributed by atoms with Gasteiger partial charge in [0.25, 0.3) is 0 Å². The second-order valence-corrected chi connectivity index (χ2v) is 7.66. The largest absolute Gasteiger partial charge is 0.352 e. The summed E-state index contributed by atoms with van der Waals surface area (Å²) in [4.78, 5) is 12.0. The second kappa shape index (κ2) is 5.76. The fourth-order valence-corrected chi connectivity index (χ4v) is 4.01. The molecule has 4 nitrogen and oxygen atoms in total. The molecule has 1 N–H and O–H groups in total. The lowest BCUT2D eigenvalue weighted by molar-refractivity contribution is 0.720. The molecule has 2 aromatic rings.